The quantitative estimate of drug-likeness (QED) is 0.697. The molecule has 1 N–H and O–H groups in total. The number of nitrogens with one attached hydrogen (secondary N) is 1. The van der Waals surface area contributed by atoms with Gasteiger partial charge in [0.2, 0.25) is 0 Å². The second kappa shape index (κ2) is 5.96. The molecule has 1 aliphatic heterocycles. The van der Waals surface area contributed by atoms with Gasteiger partial charge in [-0.15, -0.1) is 0 Å². The van der Waals surface area contributed by atoms with Crippen molar-refractivity contribution in [1.29, 1.82) is 0 Å². The van der Waals surface area contributed by atoms with Gasteiger partial charge in [-0.2, -0.15) is 0 Å². The third-order valence-electron chi connectivity index (χ3n) is 5.56. The van der Waals surface area contributed by atoms with Crippen molar-refractivity contribution in [3.63, 3.8) is 0 Å². The number of benzene rings is 1. The van der Waals surface area contributed by atoms with E-state index in [1.165, 1.54) is 5.56 Å². The van der Waals surface area contributed by atoms with Crippen molar-refractivity contribution in [2.45, 2.75) is 39.8 Å². The molecule has 1 aromatic heterocycles. The van der Waals surface area contributed by atoms with E-state index in [2.05, 4.69) is 72.2 Å². The number of likely N-dealkylation sites (tertiary alicyclic amines) is 1. The number of imidazole rings is 1. The highest BCUT2D eigenvalue weighted by atomic mass is 15.4. The molecule has 0 spiro atoms. The minimum atomic E-state index is 0.0959. The maximum Gasteiger partial charge on any atom is 0.194 e. The highest BCUT2D eigenvalue weighted by Crippen LogP contribution is 2.46. The van der Waals surface area contributed by atoms with Crippen molar-refractivity contribution < 1.29 is 0 Å². The molecule has 1 aliphatic rings. The second-order valence-electron chi connectivity index (χ2n) is 7.53. The largest absolute Gasteiger partial charge is 0.352 e. The summed E-state index contributed by atoms with van der Waals surface area (Å²) in [4.78, 5) is 11.0. The Hall–Kier alpha value is -2.30. The molecule has 2 heterocycles. The van der Waals surface area contributed by atoms with Gasteiger partial charge < -0.3 is 14.8 Å². The fourth-order valence-corrected chi connectivity index (χ4v) is 3.18. The first-order valence-electron chi connectivity index (χ1n) is 8.41. The molecule has 0 atom stereocenters. The highest BCUT2D eigenvalue weighted by Gasteiger charge is 2.53. The zero-order valence-corrected chi connectivity index (χ0v) is 15.2. The maximum atomic E-state index is 4.49. The van der Waals surface area contributed by atoms with Gasteiger partial charge >= 0.3 is 0 Å². The van der Waals surface area contributed by atoms with Gasteiger partial charge in [-0.1, -0.05) is 32.0 Å². The summed E-state index contributed by atoms with van der Waals surface area (Å²) in [6.07, 6.45) is 5.59. The maximum absolute atomic E-state index is 4.49. The molecule has 128 valence electrons. The first kappa shape index (κ1) is 16.6. The molecule has 2 aromatic rings. The van der Waals surface area contributed by atoms with E-state index in [9.17, 15) is 0 Å². The lowest BCUT2D eigenvalue weighted by molar-refractivity contribution is -0.0667. The molecule has 3 rings (SSSR count). The first-order valence-corrected chi connectivity index (χ1v) is 8.41. The lowest BCUT2D eigenvalue weighted by Gasteiger charge is -2.62. The van der Waals surface area contributed by atoms with E-state index in [1.807, 2.05) is 24.1 Å². The zero-order valence-electron chi connectivity index (χ0n) is 15.2. The number of hydrogen-bond acceptors (Lipinski definition) is 2. The summed E-state index contributed by atoms with van der Waals surface area (Å²) in [5, 5.41) is 3.53. The summed E-state index contributed by atoms with van der Waals surface area (Å²) < 4.78 is 2.04. The zero-order chi connectivity index (χ0) is 17.4. The van der Waals surface area contributed by atoms with Gasteiger partial charge in [0, 0.05) is 43.5 Å². The van der Waals surface area contributed by atoms with E-state index in [4.69, 9.17) is 0 Å². The van der Waals surface area contributed by atoms with Crippen LogP contribution < -0.4 is 5.32 Å². The third-order valence-corrected chi connectivity index (χ3v) is 5.56. The molecular weight excluding hydrogens is 298 g/mol. The number of aromatic nitrogens is 2. The summed E-state index contributed by atoms with van der Waals surface area (Å²) in [5.74, 6) is 0.958. The average Bonchev–Trinajstić information content (AvgIpc) is 3.09. The van der Waals surface area contributed by atoms with Crippen LogP contribution in [0.5, 0.6) is 0 Å². The fraction of sp³-hybridized carbons (Fsp3) is 0.474. The highest BCUT2D eigenvalue weighted by molar-refractivity contribution is 5.82. The third kappa shape index (κ3) is 2.68. The monoisotopic (exact) mass is 325 g/mol. The van der Waals surface area contributed by atoms with Crippen LogP contribution in [-0.4, -0.2) is 39.5 Å². The van der Waals surface area contributed by atoms with Gasteiger partial charge in [-0.25, -0.2) is 4.98 Å². The van der Waals surface area contributed by atoms with E-state index < -0.39 is 0 Å². The SMILES string of the molecule is CN=C(NCc1ccccc1-n1ccnc1)N1CC(C)(C)C1(C)C. The van der Waals surface area contributed by atoms with Crippen LogP contribution in [0.25, 0.3) is 5.69 Å². The number of para-hydroxylation sites is 1. The standard InChI is InChI=1S/C19H27N5/c1-18(2)13-24(19(18,3)4)17(20-5)22-12-15-8-6-7-9-16(15)23-11-10-21-14-23/h6-11,14H,12-13H2,1-5H3,(H,20,22). The van der Waals surface area contributed by atoms with E-state index >= 15 is 0 Å². The minimum Gasteiger partial charge on any atom is -0.352 e. The summed E-state index contributed by atoms with van der Waals surface area (Å²) in [6.45, 7) is 10.9. The van der Waals surface area contributed by atoms with E-state index in [1.54, 1.807) is 6.20 Å². The van der Waals surface area contributed by atoms with Crippen LogP contribution in [0.2, 0.25) is 0 Å². The lowest BCUT2D eigenvalue weighted by atomic mass is 9.65. The van der Waals surface area contributed by atoms with Crippen molar-refractivity contribution in [2.75, 3.05) is 13.6 Å². The smallest absolute Gasteiger partial charge is 0.194 e. The van der Waals surface area contributed by atoms with Crippen LogP contribution in [-0.2, 0) is 6.54 Å². The second-order valence-corrected chi connectivity index (χ2v) is 7.53. The molecule has 0 amide bonds. The molecule has 5 heteroatoms. The average molecular weight is 325 g/mol. The number of hydrogen-bond donors (Lipinski definition) is 1. The Morgan fingerprint density at radius 2 is 2.00 bits per heavy atom. The van der Waals surface area contributed by atoms with Crippen molar-refractivity contribution in [1.82, 2.24) is 19.8 Å². The van der Waals surface area contributed by atoms with E-state index in [0.717, 1.165) is 24.7 Å². The van der Waals surface area contributed by atoms with Crippen LogP contribution in [0.3, 0.4) is 0 Å². The number of guanidine groups is 1. The summed E-state index contributed by atoms with van der Waals surface area (Å²) in [7, 11) is 1.85. The number of nitrogens with zero attached hydrogens (tertiary/aromatic N) is 4. The molecule has 24 heavy (non-hydrogen) atoms. The molecule has 1 saturated heterocycles. The van der Waals surface area contributed by atoms with Gasteiger partial charge in [0.1, 0.15) is 0 Å². The predicted molar refractivity (Wildman–Crippen MR) is 98.3 cm³/mol. The molecule has 0 aliphatic carbocycles. The van der Waals surface area contributed by atoms with E-state index in [0.29, 0.717) is 5.41 Å². The van der Waals surface area contributed by atoms with Crippen LogP contribution in [0, 0.1) is 5.41 Å². The van der Waals surface area contributed by atoms with Crippen LogP contribution in [0.15, 0.2) is 48.0 Å². The van der Waals surface area contributed by atoms with Gasteiger partial charge in [0.15, 0.2) is 5.96 Å². The number of rotatable bonds is 3. The Morgan fingerprint density at radius 1 is 1.25 bits per heavy atom. The van der Waals surface area contributed by atoms with Crippen molar-refractivity contribution >= 4 is 5.96 Å². The minimum absolute atomic E-state index is 0.0959. The van der Waals surface area contributed by atoms with Crippen molar-refractivity contribution in [3.05, 3.63) is 48.5 Å². The Labute approximate surface area is 144 Å². The molecule has 5 nitrogen and oxygen atoms in total. The van der Waals surface area contributed by atoms with Gasteiger partial charge in [0.25, 0.3) is 0 Å². The predicted octanol–water partition coefficient (Wildman–Crippen LogP) is 3.07. The lowest BCUT2D eigenvalue weighted by Crippen LogP contribution is -2.72. The van der Waals surface area contributed by atoms with Crippen LogP contribution >= 0.6 is 0 Å². The van der Waals surface area contributed by atoms with Crippen LogP contribution in [0.1, 0.15) is 33.3 Å². The Balaban J connectivity index is 1.75. The Morgan fingerprint density at radius 3 is 2.58 bits per heavy atom. The van der Waals surface area contributed by atoms with E-state index in [-0.39, 0.29) is 5.54 Å². The Kier molecular flexibility index (Phi) is 4.11. The molecule has 0 unspecified atom stereocenters. The van der Waals surface area contributed by atoms with Crippen molar-refractivity contribution in [2.24, 2.45) is 10.4 Å². The topological polar surface area (TPSA) is 45.5 Å². The van der Waals surface area contributed by atoms with Crippen LogP contribution in [0.4, 0.5) is 0 Å². The van der Waals surface area contributed by atoms with Gasteiger partial charge in [-0.3, -0.25) is 4.99 Å². The molecule has 1 fully saturated rings. The molecule has 0 radical (unpaired) electrons. The molecule has 0 bridgehead atoms. The molecular formula is C19H27N5. The van der Waals surface area contributed by atoms with Crippen molar-refractivity contribution in [3.8, 4) is 5.69 Å². The normalized spacial score (nSPS) is 19.0. The fourth-order valence-electron chi connectivity index (χ4n) is 3.18. The number of aliphatic imine (C=N–C) groups is 1. The Bertz CT molecular complexity index is 728. The summed E-state index contributed by atoms with van der Waals surface area (Å²) in [5.41, 5.74) is 2.74. The molecule has 1 aromatic carbocycles. The van der Waals surface area contributed by atoms with Gasteiger partial charge in [0.05, 0.1) is 12.0 Å². The first-order chi connectivity index (χ1) is 11.4. The van der Waals surface area contributed by atoms with Gasteiger partial charge in [-0.05, 0) is 25.5 Å². The summed E-state index contributed by atoms with van der Waals surface area (Å²) >= 11 is 0. The summed E-state index contributed by atoms with van der Waals surface area (Å²) in [6, 6.07) is 8.37. The molecule has 0 saturated carbocycles.